The Balaban J connectivity index is 2.25. The Morgan fingerprint density at radius 3 is 2.80 bits per heavy atom. The van der Waals surface area contributed by atoms with Crippen LogP contribution in [0.5, 0.6) is 0 Å². The number of nitrogens with one attached hydrogen (secondary N) is 2. The fourth-order valence-corrected chi connectivity index (χ4v) is 3.25. The number of nitrogens with zero attached hydrogens (tertiary/aromatic N) is 2. The minimum atomic E-state index is -0.970. The highest BCUT2D eigenvalue weighted by atomic mass is 35.5. The highest BCUT2D eigenvalue weighted by Gasteiger charge is 2.54. The molecule has 5 nitrogen and oxygen atoms in total. The van der Waals surface area contributed by atoms with E-state index in [9.17, 15) is 4.79 Å². The first-order chi connectivity index (χ1) is 9.59. The van der Waals surface area contributed by atoms with Gasteiger partial charge in [0.15, 0.2) is 0 Å². The van der Waals surface area contributed by atoms with Crippen molar-refractivity contribution in [3.63, 3.8) is 0 Å². The van der Waals surface area contributed by atoms with Gasteiger partial charge in [-0.3, -0.25) is 15.0 Å². The summed E-state index contributed by atoms with van der Waals surface area (Å²) in [6.07, 6.45) is 0.553. The number of rotatable bonds is 0. The van der Waals surface area contributed by atoms with Gasteiger partial charge in [-0.05, 0) is 17.0 Å². The number of halogens is 2. The van der Waals surface area contributed by atoms with Crippen molar-refractivity contribution in [3.8, 4) is 6.57 Å². The molecule has 104 valence electrons. The average molecular weight is 312 g/mol. The molecule has 7 heteroatoms. The van der Waals surface area contributed by atoms with Crippen LogP contribution < -0.4 is 15.5 Å². The van der Waals surface area contributed by atoms with Gasteiger partial charge in [0, 0.05) is 19.6 Å². The Morgan fingerprint density at radius 1 is 1.30 bits per heavy atom. The molecule has 0 bridgehead atoms. The molecule has 1 fully saturated rings. The SMILES string of the molecule is C#[N+][C@@]12CCNCCN1c1c(Cl)ccc(Cl)c1C(=O)N2. The van der Waals surface area contributed by atoms with Crippen LogP contribution in [-0.4, -0.2) is 31.3 Å². The lowest BCUT2D eigenvalue weighted by molar-refractivity contribution is 0.0900. The molecule has 2 N–H and O–H groups in total. The van der Waals surface area contributed by atoms with Crippen molar-refractivity contribution >= 4 is 34.8 Å². The molecule has 0 aromatic heterocycles. The summed E-state index contributed by atoms with van der Waals surface area (Å²) in [5.74, 6) is -1.28. The molecule has 1 amide bonds. The molecule has 0 radical (unpaired) electrons. The standard InChI is InChI=1S/C13H12Cl2N4O/c1-16-13-4-5-17-6-7-19(13)11-9(15)3-2-8(14)10(11)12(20)18-13/h1-3,17H,4-7H2/p+1/t13-/m1/s1. The smallest absolute Gasteiger partial charge is 0.314 e. The predicted molar refractivity (Wildman–Crippen MR) is 79.8 cm³/mol. The molecule has 1 atom stereocenters. The van der Waals surface area contributed by atoms with Gasteiger partial charge < -0.3 is 5.32 Å². The van der Waals surface area contributed by atoms with Gasteiger partial charge in [-0.2, -0.15) is 0 Å². The fraction of sp³-hybridized carbons (Fsp3) is 0.385. The second-order valence-corrected chi connectivity index (χ2v) is 5.62. The monoisotopic (exact) mass is 311 g/mol. The number of carbonyl (C=O) groups excluding carboxylic acids is 1. The number of hydrogen-bond donors (Lipinski definition) is 2. The number of amides is 1. The minimum absolute atomic E-state index is 0.306. The number of fused-ring (bicyclic) bond motifs is 3. The molecule has 0 saturated carbocycles. The summed E-state index contributed by atoms with van der Waals surface area (Å²) in [6, 6.07) is 3.30. The minimum Gasteiger partial charge on any atom is -0.314 e. The topological polar surface area (TPSA) is 48.7 Å². The first-order valence-electron chi connectivity index (χ1n) is 6.30. The molecule has 2 heterocycles. The zero-order chi connectivity index (χ0) is 14.3. The van der Waals surface area contributed by atoms with E-state index in [1.54, 1.807) is 12.1 Å². The molecule has 1 saturated heterocycles. The van der Waals surface area contributed by atoms with E-state index in [0.717, 1.165) is 6.54 Å². The molecule has 1 aromatic carbocycles. The molecule has 20 heavy (non-hydrogen) atoms. The van der Waals surface area contributed by atoms with E-state index in [0.29, 0.717) is 40.8 Å². The largest absolute Gasteiger partial charge is 0.438 e. The molecule has 1 aromatic rings. The number of benzene rings is 1. The molecule has 3 rings (SSSR count). The second-order valence-electron chi connectivity index (χ2n) is 4.80. The van der Waals surface area contributed by atoms with E-state index in [1.807, 2.05) is 4.90 Å². The van der Waals surface area contributed by atoms with Gasteiger partial charge in [0.1, 0.15) is 0 Å². The fourth-order valence-electron chi connectivity index (χ4n) is 2.76. The molecular weight excluding hydrogens is 299 g/mol. The Morgan fingerprint density at radius 2 is 2.05 bits per heavy atom. The van der Waals surface area contributed by atoms with Crippen molar-refractivity contribution < 1.29 is 4.79 Å². The lowest BCUT2D eigenvalue weighted by atomic mass is 10.0. The van der Waals surface area contributed by atoms with Crippen LogP contribution in [0.2, 0.25) is 10.0 Å². The van der Waals surface area contributed by atoms with Gasteiger partial charge in [-0.15, -0.1) is 0 Å². The van der Waals surface area contributed by atoms with E-state index in [2.05, 4.69) is 15.5 Å². The molecule has 0 aliphatic carbocycles. The van der Waals surface area contributed by atoms with Gasteiger partial charge in [0.05, 0.1) is 27.7 Å². The summed E-state index contributed by atoms with van der Waals surface area (Å²) in [4.78, 5) is 18.2. The lowest BCUT2D eigenvalue weighted by Gasteiger charge is -2.37. The summed E-state index contributed by atoms with van der Waals surface area (Å²) < 4.78 is 0. The van der Waals surface area contributed by atoms with Crippen LogP contribution in [0.15, 0.2) is 12.1 Å². The maximum Gasteiger partial charge on any atom is 0.438 e. The lowest BCUT2D eigenvalue weighted by Crippen LogP contribution is -2.62. The Bertz CT molecular complexity index is 628. The molecule has 2 aliphatic heterocycles. The van der Waals surface area contributed by atoms with E-state index in [1.165, 1.54) is 0 Å². The first-order valence-corrected chi connectivity index (χ1v) is 7.05. The quantitative estimate of drug-likeness (QED) is 0.772. The molecule has 0 spiro atoms. The Hall–Kier alpha value is -1.48. The summed E-state index contributed by atoms with van der Waals surface area (Å²) in [5, 5.41) is 6.95. The van der Waals surface area contributed by atoms with Crippen molar-refractivity contribution in [2.75, 3.05) is 24.5 Å². The Kier molecular flexibility index (Phi) is 3.25. The number of hydrogen-bond acceptors (Lipinski definition) is 3. The van der Waals surface area contributed by atoms with Crippen molar-refractivity contribution in [1.82, 2.24) is 10.6 Å². The zero-order valence-corrected chi connectivity index (χ0v) is 12.1. The highest BCUT2D eigenvalue weighted by molar-refractivity contribution is 6.39. The average Bonchev–Trinajstić information content (AvgIpc) is 2.64. The van der Waals surface area contributed by atoms with E-state index >= 15 is 0 Å². The normalized spacial score (nSPS) is 25.1. The van der Waals surface area contributed by atoms with Crippen molar-refractivity contribution in [2.45, 2.75) is 12.2 Å². The van der Waals surface area contributed by atoms with Crippen LogP contribution in [0, 0.1) is 6.57 Å². The summed E-state index contributed by atoms with van der Waals surface area (Å²) in [7, 11) is 0. The van der Waals surface area contributed by atoms with Gasteiger partial charge >= 0.3 is 5.79 Å². The van der Waals surface area contributed by atoms with Crippen molar-refractivity contribution in [3.05, 3.63) is 32.6 Å². The Labute approximate surface area is 126 Å². The van der Waals surface area contributed by atoms with Crippen molar-refractivity contribution in [2.24, 2.45) is 0 Å². The van der Waals surface area contributed by atoms with Crippen LogP contribution in [-0.2, 0) is 0 Å². The van der Waals surface area contributed by atoms with Gasteiger partial charge in [-0.1, -0.05) is 23.2 Å². The third kappa shape index (κ3) is 1.84. The third-order valence-corrected chi connectivity index (χ3v) is 4.33. The summed E-state index contributed by atoms with van der Waals surface area (Å²) >= 11 is 12.4. The molecule has 2 aliphatic rings. The summed E-state index contributed by atoms with van der Waals surface area (Å²) in [5.41, 5.74) is 0.973. The van der Waals surface area contributed by atoms with Crippen LogP contribution in [0.3, 0.4) is 0 Å². The highest BCUT2D eigenvalue weighted by Crippen LogP contribution is 2.42. The van der Waals surface area contributed by atoms with Gasteiger partial charge in [-0.25, -0.2) is 0 Å². The number of anilines is 1. The maximum absolute atomic E-state index is 12.4. The van der Waals surface area contributed by atoms with Crippen LogP contribution >= 0.6 is 23.2 Å². The third-order valence-electron chi connectivity index (χ3n) is 3.71. The maximum atomic E-state index is 12.4. The van der Waals surface area contributed by atoms with Crippen LogP contribution in [0.25, 0.3) is 4.85 Å². The number of carbonyl (C=O) groups is 1. The van der Waals surface area contributed by atoms with Crippen LogP contribution in [0.4, 0.5) is 5.69 Å². The first kappa shape index (κ1) is 13.5. The van der Waals surface area contributed by atoms with E-state index < -0.39 is 5.79 Å². The van der Waals surface area contributed by atoms with Crippen LogP contribution in [0.1, 0.15) is 16.8 Å². The van der Waals surface area contributed by atoms with E-state index in [-0.39, 0.29) is 5.91 Å². The van der Waals surface area contributed by atoms with Crippen molar-refractivity contribution in [1.29, 1.82) is 0 Å². The molecular formula is C13H13Cl2N4O+. The predicted octanol–water partition coefficient (Wildman–Crippen LogP) is 2.15. The molecule has 0 unspecified atom stereocenters. The second kappa shape index (κ2) is 4.81. The summed E-state index contributed by atoms with van der Waals surface area (Å²) in [6.45, 7) is 7.65. The van der Waals surface area contributed by atoms with Gasteiger partial charge in [0.25, 0.3) is 12.5 Å². The van der Waals surface area contributed by atoms with Gasteiger partial charge in [0.2, 0.25) is 0 Å². The zero-order valence-electron chi connectivity index (χ0n) is 10.6. The van der Waals surface area contributed by atoms with E-state index in [4.69, 9.17) is 29.8 Å².